The van der Waals surface area contributed by atoms with E-state index in [-0.39, 0.29) is 0 Å². The monoisotopic (exact) mass is 403 g/mol. The number of nitrogens with zero attached hydrogens (tertiary/aromatic N) is 2. The summed E-state index contributed by atoms with van der Waals surface area (Å²) < 4.78 is 17.8. The lowest BCUT2D eigenvalue weighted by Gasteiger charge is -2.09. The highest BCUT2D eigenvalue weighted by Crippen LogP contribution is 2.33. The molecule has 0 fully saturated rings. The highest BCUT2D eigenvalue weighted by Gasteiger charge is 2.15. The summed E-state index contributed by atoms with van der Waals surface area (Å²) in [6.45, 7) is 4.67. The van der Waals surface area contributed by atoms with Crippen LogP contribution in [0.25, 0.3) is 11.0 Å². The van der Waals surface area contributed by atoms with Crippen molar-refractivity contribution in [3.8, 4) is 11.6 Å². The molecule has 1 N–H and O–H groups in total. The first-order chi connectivity index (χ1) is 14.8. The van der Waals surface area contributed by atoms with Gasteiger partial charge in [-0.15, -0.1) is 0 Å². The molecule has 4 aromatic rings. The van der Waals surface area contributed by atoms with Gasteiger partial charge in [-0.3, -0.25) is 4.98 Å². The van der Waals surface area contributed by atoms with Crippen LogP contribution in [0.15, 0.2) is 71.5 Å². The number of hydrogen-bond donors (Lipinski definition) is 1. The lowest BCUT2D eigenvalue weighted by atomic mass is 10.1. The van der Waals surface area contributed by atoms with Crippen LogP contribution in [0.2, 0.25) is 0 Å². The van der Waals surface area contributed by atoms with Crippen LogP contribution < -0.4 is 14.8 Å². The van der Waals surface area contributed by atoms with Crippen LogP contribution in [0.1, 0.15) is 23.3 Å². The summed E-state index contributed by atoms with van der Waals surface area (Å²) in [7, 11) is 0. The van der Waals surface area contributed by atoms with Crippen molar-refractivity contribution in [2.75, 3.05) is 13.2 Å². The van der Waals surface area contributed by atoms with E-state index in [2.05, 4.69) is 21.4 Å². The van der Waals surface area contributed by atoms with Gasteiger partial charge >= 0.3 is 0 Å². The number of ether oxygens (including phenoxy) is 2. The van der Waals surface area contributed by atoms with Crippen molar-refractivity contribution in [3.05, 3.63) is 84.0 Å². The van der Waals surface area contributed by atoms with E-state index < -0.39 is 0 Å². The highest BCUT2D eigenvalue weighted by atomic mass is 16.5. The van der Waals surface area contributed by atoms with Crippen molar-refractivity contribution < 1.29 is 13.9 Å². The molecule has 3 heterocycles. The van der Waals surface area contributed by atoms with Crippen LogP contribution >= 0.6 is 0 Å². The second-order valence-electron chi connectivity index (χ2n) is 6.98. The fourth-order valence-corrected chi connectivity index (χ4v) is 3.26. The molecule has 0 spiro atoms. The van der Waals surface area contributed by atoms with Gasteiger partial charge < -0.3 is 19.2 Å². The number of fused-ring (bicyclic) bond motifs is 1. The van der Waals surface area contributed by atoms with Crippen molar-refractivity contribution in [2.45, 2.75) is 26.5 Å². The van der Waals surface area contributed by atoms with Crippen molar-refractivity contribution in [1.29, 1.82) is 0 Å². The van der Waals surface area contributed by atoms with E-state index in [1.54, 1.807) is 12.4 Å². The Morgan fingerprint density at radius 2 is 1.97 bits per heavy atom. The second-order valence-corrected chi connectivity index (χ2v) is 6.98. The number of pyridine rings is 2. The van der Waals surface area contributed by atoms with Gasteiger partial charge in [0.05, 0.1) is 12.0 Å². The highest BCUT2D eigenvalue weighted by molar-refractivity contribution is 5.88. The number of nitrogens with one attached hydrogen (secondary N) is 1. The maximum Gasteiger partial charge on any atom is 0.213 e. The quantitative estimate of drug-likeness (QED) is 0.388. The Morgan fingerprint density at radius 1 is 1.00 bits per heavy atom. The first-order valence-electron chi connectivity index (χ1n) is 10.1. The largest absolute Gasteiger partial charge is 0.493 e. The molecule has 6 nitrogen and oxygen atoms in total. The standard InChI is InChI=1S/C24H25N3O3/c1-18-22(17-29-23-10-2-3-13-27-23)30-21-9-4-8-20(24(18)21)28-14-6-12-26-16-19-7-5-11-25-15-19/h2-5,7-11,13,15,26H,6,12,14,16-17H2,1H3. The molecule has 30 heavy (non-hydrogen) atoms. The van der Waals surface area contributed by atoms with Crippen LogP contribution in [-0.2, 0) is 13.2 Å². The molecule has 0 saturated carbocycles. The minimum atomic E-state index is 0.329. The van der Waals surface area contributed by atoms with Gasteiger partial charge in [0, 0.05) is 36.8 Å². The van der Waals surface area contributed by atoms with Crippen molar-refractivity contribution in [1.82, 2.24) is 15.3 Å². The van der Waals surface area contributed by atoms with Gasteiger partial charge in [-0.05, 0) is 49.7 Å². The van der Waals surface area contributed by atoms with E-state index in [0.717, 1.165) is 47.6 Å². The van der Waals surface area contributed by atoms with E-state index in [4.69, 9.17) is 13.9 Å². The molecule has 0 atom stereocenters. The van der Waals surface area contributed by atoms with Gasteiger partial charge in [0.1, 0.15) is 23.7 Å². The summed E-state index contributed by atoms with van der Waals surface area (Å²) in [6, 6.07) is 15.5. The summed E-state index contributed by atoms with van der Waals surface area (Å²) >= 11 is 0. The normalized spacial score (nSPS) is 11.0. The Bertz CT molecular complexity index is 1070. The van der Waals surface area contributed by atoms with Crippen molar-refractivity contribution >= 4 is 11.0 Å². The molecule has 154 valence electrons. The average Bonchev–Trinajstić information content (AvgIpc) is 3.12. The summed E-state index contributed by atoms with van der Waals surface area (Å²) in [5, 5.41) is 4.41. The molecule has 6 heteroatoms. The molecule has 0 amide bonds. The first-order valence-corrected chi connectivity index (χ1v) is 10.1. The third kappa shape index (κ3) is 4.96. The van der Waals surface area contributed by atoms with Crippen LogP contribution in [-0.4, -0.2) is 23.1 Å². The summed E-state index contributed by atoms with van der Waals surface area (Å²) in [4.78, 5) is 8.30. The Morgan fingerprint density at radius 3 is 2.80 bits per heavy atom. The third-order valence-corrected chi connectivity index (χ3v) is 4.81. The van der Waals surface area contributed by atoms with Crippen molar-refractivity contribution in [3.63, 3.8) is 0 Å². The number of aryl methyl sites for hydroxylation is 1. The molecule has 0 saturated heterocycles. The SMILES string of the molecule is Cc1c(COc2ccccn2)oc2cccc(OCCCNCc3cccnc3)c12. The van der Waals surface area contributed by atoms with E-state index in [1.165, 1.54) is 5.56 Å². The lowest BCUT2D eigenvalue weighted by Crippen LogP contribution is -2.17. The van der Waals surface area contributed by atoms with E-state index in [0.29, 0.717) is 19.1 Å². The van der Waals surface area contributed by atoms with Crippen molar-refractivity contribution in [2.24, 2.45) is 0 Å². The molecule has 0 bridgehead atoms. The van der Waals surface area contributed by atoms with Gasteiger partial charge in [-0.2, -0.15) is 0 Å². The molecular weight excluding hydrogens is 378 g/mol. The molecule has 0 radical (unpaired) electrons. The molecule has 0 aliphatic carbocycles. The van der Waals surface area contributed by atoms with Crippen LogP contribution in [0.4, 0.5) is 0 Å². The summed E-state index contributed by atoms with van der Waals surface area (Å²) in [5.41, 5.74) is 3.02. The zero-order valence-corrected chi connectivity index (χ0v) is 17.0. The number of hydrogen-bond acceptors (Lipinski definition) is 6. The fourth-order valence-electron chi connectivity index (χ4n) is 3.26. The van der Waals surface area contributed by atoms with Crippen LogP contribution in [0.3, 0.4) is 0 Å². The molecule has 0 aliphatic rings. The van der Waals surface area contributed by atoms with Gasteiger partial charge in [0.2, 0.25) is 5.88 Å². The van der Waals surface area contributed by atoms with Gasteiger partial charge in [0.15, 0.2) is 0 Å². The lowest BCUT2D eigenvalue weighted by molar-refractivity contribution is 0.263. The number of aromatic nitrogens is 2. The maximum atomic E-state index is 6.06. The number of benzene rings is 1. The van der Waals surface area contributed by atoms with E-state index in [9.17, 15) is 0 Å². The Kier molecular flexibility index (Phi) is 6.57. The predicted molar refractivity (Wildman–Crippen MR) is 116 cm³/mol. The minimum absolute atomic E-state index is 0.329. The fraction of sp³-hybridized carbons (Fsp3) is 0.250. The van der Waals surface area contributed by atoms with Gasteiger partial charge in [-0.1, -0.05) is 18.2 Å². The van der Waals surface area contributed by atoms with E-state index in [1.807, 2.05) is 55.6 Å². The van der Waals surface area contributed by atoms with Gasteiger partial charge in [-0.25, -0.2) is 4.98 Å². The number of rotatable bonds is 10. The van der Waals surface area contributed by atoms with E-state index >= 15 is 0 Å². The average molecular weight is 403 g/mol. The smallest absolute Gasteiger partial charge is 0.213 e. The Labute approximate surface area is 175 Å². The molecular formula is C24H25N3O3. The molecule has 0 aliphatic heterocycles. The topological polar surface area (TPSA) is 69.4 Å². The molecule has 4 rings (SSSR count). The molecule has 1 aromatic carbocycles. The van der Waals surface area contributed by atoms with Crippen LogP contribution in [0, 0.1) is 6.92 Å². The molecule has 3 aromatic heterocycles. The zero-order valence-electron chi connectivity index (χ0n) is 17.0. The number of furan rings is 1. The summed E-state index contributed by atoms with van der Waals surface area (Å²) in [6.07, 6.45) is 6.27. The third-order valence-electron chi connectivity index (χ3n) is 4.81. The van der Waals surface area contributed by atoms with Gasteiger partial charge in [0.25, 0.3) is 0 Å². The second kappa shape index (κ2) is 9.89. The van der Waals surface area contributed by atoms with Crippen LogP contribution in [0.5, 0.6) is 11.6 Å². The minimum Gasteiger partial charge on any atom is -0.493 e. The predicted octanol–water partition coefficient (Wildman–Crippen LogP) is 4.67. The Hall–Kier alpha value is -3.38. The molecule has 0 unspecified atom stereocenters. The first kappa shape index (κ1) is 19.9. The zero-order chi connectivity index (χ0) is 20.6. The summed E-state index contributed by atoms with van der Waals surface area (Å²) in [5.74, 6) is 2.20. The Balaban J connectivity index is 1.32. The maximum absolute atomic E-state index is 6.06.